The molecule has 20 heavy (non-hydrogen) atoms. The maximum absolute atomic E-state index is 11.8. The third-order valence-corrected chi connectivity index (χ3v) is 2.90. The minimum absolute atomic E-state index is 0.142. The van der Waals surface area contributed by atoms with E-state index in [1.165, 1.54) is 0 Å². The lowest BCUT2D eigenvalue weighted by Crippen LogP contribution is -2.29. The Kier molecular flexibility index (Phi) is 4.60. The summed E-state index contributed by atoms with van der Waals surface area (Å²) in [5.74, 6) is 1.31. The van der Waals surface area contributed by atoms with Crippen LogP contribution in [-0.4, -0.2) is 13.2 Å². The van der Waals surface area contributed by atoms with Crippen LogP contribution in [0, 0.1) is 0 Å². The van der Waals surface area contributed by atoms with Crippen molar-refractivity contribution in [3.05, 3.63) is 60.2 Å². The molecule has 0 spiro atoms. The Hall–Kier alpha value is -2.49. The highest BCUT2D eigenvalue weighted by Gasteiger charge is 2.11. The molecule has 0 fully saturated rings. The third kappa shape index (κ3) is 3.75. The second-order valence-corrected chi connectivity index (χ2v) is 4.34. The van der Waals surface area contributed by atoms with Crippen LogP contribution in [-0.2, 0) is 0 Å². The van der Waals surface area contributed by atoms with Gasteiger partial charge in [-0.1, -0.05) is 30.3 Å². The van der Waals surface area contributed by atoms with Gasteiger partial charge >= 0.3 is 6.09 Å². The molecule has 0 aliphatic carbocycles. The molecular formula is C16H17NO3. The van der Waals surface area contributed by atoms with Crippen LogP contribution in [0.5, 0.6) is 11.5 Å². The van der Waals surface area contributed by atoms with Gasteiger partial charge in [0.15, 0.2) is 0 Å². The molecule has 0 unspecified atom stereocenters. The van der Waals surface area contributed by atoms with Crippen molar-refractivity contribution in [3.63, 3.8) is 0 Å². The summed E-state index contributed by atoms with van der Waals surface area (Å²) in [4.78, 5) is 11.8. The van der Waals surface area contributed by atoms with Gasteiger partial charge in [-0.3, -0.25) is 0 Å². The molecule has 1 amide bonds. The summed E-state index contributed by atoms with van der Waals surface area (Å²) >= 11 is 0. The molecule has 4 nitrogen and oxygen atoms in total. The first kappa shape index (κ1) is 13.9. The SMILES string of the molecule is COc1ccc([C@@H](C)NC(=O)Oc2ccccc2)cc1. The number of carbonyl (C=O) groups excluding carboxylic acids is 1. The zero-order valence-electron chi connectivity index (χ0n) is 11.5. The van der Waals surface area contributed by atoms with Gasteiger partial charge < -0.3 is 14.8 Å². The Balaban J connectivity index is 1.93. The molecule has 0 saturated heterocycles. The summed E-state index contributed by atoms with van der Waals surface area (Å²) in [5, 5.41) is 2.78. The van der Waals surface area contributed by atoms with Crippen molar-refractivity contribution < 1.29 is 14.3 Å². The van der Waals surface area contributed by atoms with Crippen molar-refractivity contribution in [1.29, 1.82) is 0 Å². The lowest BCUT2D eigenvalue weighted by atomic mass is 10.1. The average Bonchev–Trinajstić information content (AvgIpc) is 2.48. The van der Waals surface area contributed by atoms with E-state index in [2.05, 4.69) is 5.32 Å². The van der Waals surface area contributed by atoms with Gasteiger partial charge in [-0.2, -0.15) is 0 Å². The molecule has 2 aromatic carbocycles. The van der Waals surface area contributed by atoms with E-state index in [9.17, 15) is 4.79 Å². The number of methoxy groups -OCH3 is 1. The quantitative estimate of drug-likeness (QED) is 0.925. The van der Waals surface area contributed by atoms with E-state index in [0.717, 1.165) is 11.3 Å². The van der Waals surface area contributed by atoms with Gasteiger partial charge in [-0.15, -0.1) is 0 Å². The number of ether oxygens (including phenoxy) is 2. The first-order valence-corrected chi connectivity index (χ1v) is 6.36. The summed E-state index contributed by atoms with van der Waals surface area (Å²) in [6, 6.07) is 16.4. The van der Waals surface area contributed by atoms with E-state index >= 15 is 0 Å². The molecule has 4 heteroatoms. The van der Waals surface area contributed by atoms with E-state index in [-0.39, 0.29) is 6.04 Å². The molecule has 2 rings (SSSR count). The van der Waals surface area contributed by atoms with Crippen LogP contribution in [0.15, 0.2) is 54.6 Å². The van der Waals surface area contributed by atoms with Crippen LogP contribution in [0.2, 0.25) is 0 Å². The van der Waals surface area contributed by atoms with E-state index < -0.39 is 6.09 Å². The molecule has 0 bridgehead atoms. The van der Waals surface area contributed by atoms with Crippen LogP contribution in [0.25, 0.3) is 0 Å². The van der Waals surface area contributed by atoms with E-state index in [0.29, 0.717) is 5.75 Å². The Labute approximate surface area is 118 Å². The van der Waals surface area contributed by atoms with Gasteiger partial charge in [0.2, 0.25) is 0 Å². The molecule has 0 aliphatic heterocycles. The van der Waals surface area contributed by atoms with Gasteiger partial charge in [0.25, 0.3) is 0 Å². The summed E-state index contributed by atoms with van der Waals surface area (Å²) in [6.07, 6.45) is -0.473. The second-order valence-electron chi connectivity index (χ2n) is 4.34. The number of rotatable bonds is 4. The van der Waals surface area contributed by atoms with Crippen LogP contribution in [0.1, 0.15) is 18.5 Å². The number of nitrogens with one attached hydrogen (secondary N) is 1. The normalized spacial score (nSPS) is 11.5. The van der Waals surface area contributed by atoms with Crippen molar-refractivity contribution in [1.82, 2.24) is 5.32 Å². The number of hydrogen-bond donors (Lipinski definition) is 1. The number of para-hydroxylation sites is 1. The molecule has 104 valence electrons. The molecule has 1 N–H and O–H groups in total. The van der Waals surface area contributed by atoms with Gasteiger partial charge in [0, 0.05) is 0 Å². The Morgan fingerprint density at radius 2 is 1.65 bits per heavy atom. The van der Waals surface area contributed by atoms with Gasteiger partial charge in [-0.05, 0) is 36.8 Å². The van der Waals surface area contributed by atoms with Crippen molar-refractivity contribution >= 4 is 6.09 Å². The van der Waals surface area contributed by atoms with Crippen LogP contribution in [0.4, 0.5) is 4.79 Å². The molecule has 0 heterocycles. The fourth-order valence-corrected chi connectivity index (χ4v) is 1.78. The predicted octanol–water partition coefficient (Wildman–Crippen LogP) is 3.54. The average molecular weight is 271 g/mol. The van der Waals surface area contributed by atoms with Crippen LogP contribution in [0.3, 0.4) is 0 Å². The number of amides is 1. The topological polar surface area (TPSA) is 47.6 Å². The molecular weight excluding hydrogens is 254 g/mol. The number of benzene rings is 2. The Morgan fingerprint density at radius 3 is 2.25 bits per heavy atom. The Morgan fingerprint density at radius 1 is 1.00 bits per heavy atom. The second kappa shape index (κ2) is 6.61. The monoisotopic (exact) mass is 271 g/mol. The summed E-state index contributed by atoms with van der Waals surface area (Å²) in [5.41, 5.74) is 0.982. The fraction of sp³-hybridized carbons (Fsp3) is 0.188. The maximum Gasteiger partial charge on any atom is 0.413 e. The highest BCUT2D eigenvalue weighted by molar-refractivity contribution is 5.70. The first-order chi connectivity index (χ1) is 9.69. The first-order valence-electron chi connectivity index (χ1n) is 6.36. The molecule has 0 aliphatic rings. The van der Waals surface area contributed by atoms with Gasteiger partial charge in [0.05, 0.1) is 13.2 Å². The van der Waals surface area contributed by atoms with Crippen LogP contribution < -0.4 is 14.8 Å². The summed E-state index contributed by atoms with van der Waals surface area (Å²) in [6.45, 7) is 1.90. The minimum atomic E-state index is -0.473. The summed E-state index contributed by atoms with van der Waals surface area (Å²) in [7, 11) is 1.62. The van der Waals surface area contributed by atoms with E-state index in [1.54, 1.807) is 19.2 Å². The lowest BCUT2D eigenvalue weighted by molar-refractivity contribution is 0.197. The molecule has 0 aromatic heterocycles. The highest BCUT2D eigenvalue weighted by Crippen LogP contribution is 2.17. The largest absolute Gasteiger partial charge is 0.497 e. The third-order valence-electron chi connectivity index (χ3n) is 2.90. The number of carbonyl (C=O) groups is 1. The van der Waals surface area contributed by atoms with E-state index in [4.69, 9.17) is 9.47 Å². The minimum Gasteiger partial charge on any atom is -0.497 e. The molecule has 2 aromatic rings. The maximum atomic E-state index is 11.8. The van der Waals surface area contributed by atoms with Gasteiger partial charge in [-0.25, -0.2) is 4.79 Å². The summed E-state index contributed by atoms with van der Waals surface area (Å²) < 4.78 is 10.3. The predicted molar refractivity (Wildman–Crippen MR) is 77.0 cm³/mol. The van der Waals surface area contributed by atoms with Crippen molar-refractivity contribution in [3.8, 4) is 11.5 Å². The smallest absolute Gasteiger partial charge is 0.413 e. The molecule has 0 saturated carbocycles. The van der Waals surface area contributed by atoms with Crippen LogP contribution >= 0.6 is 0 Å². The lowest BCUT2D eigenvalue weighted by Gasteiger charge is -2.14. The molecule has 0 radical (unpaired) electrons. The fourth-order valence-electron chi connectivity index (χ4n) is 1.78. The number of hydrogen-bond acceptors (Lipinski definition) is 3. The van der Waals surface area contributed by atoms with Crippen molar-refractivity contribution in [2.24, 2.45) is 0 Å². The van der Waals surface area contributed by atoms with E-state index in [1.807, 2.05) is 49.4 Å². The zero-order chi connectivity index (χ0) is 14.4. The standard InChI is InChI=1S/C16H17NO3/c1-12(13-8-10-14(19-2)11-9-13)17-16(18)20-15-6-4-3-5-7-15/h3-12H,1-2H3,(H,17,18)/t12-/m1/s1. The highest BCUT2D eigenvalue weighted by atomic mass is 16.6. The zero-order valence-corrected chi connectivity index (χ0v) is 11.5. The van der Waals surface area contributed by atoms with Gasteiger partial charge in [0.1, 0.15) is 11.5 Å². The molecule has 1 atom stereocenters. The van der Waals surface area contributed by atoms with Crippen molar-refractivity contribution in [2.45, 2.75) is 13.0 Å². The van der Waals surface area contributed by atoms with Crippen molar-refractivity contribution in [2.75, 3.05) is 7.11 Å². The Bertz CT molecular complexity index is 552.